The number of carbonyl (C=O) groups excluding carboxylic acids is 4. The summed E-state index contributed by atoms with van der Waals surface area (Å²) in [5, 5.41) is 3.85. The zero-order valence-electron chi connectivity index (χ0n) is 31.6. The lowest BCUT2D eigenvalue weighted by atomic mass is 9.71. The number of piperidine rings is 2. The molecule has 6 rings (SSSR count). The Morgan fingerprint density at radius 2 is 0.816 bits per heavy atom. The molecule has 4 amide bonds. The Labute approximate surface area is 292 Å². The number of carbonyl (C=O) groups is 4. The molecule has 276 valence electrons. The Balaban J connectivity index is 1.01. The highest BCUT2D eigenvalue weighted by molar-refractivity contribution is 6.04. The van der Waals surface area contributed by atoms with E-state index in [9.17, 15) is 19.2 Å². The van der Waals surface area contributed by atoms with E-state index in [1.165, 1.54) is 9.80 Å². The molecular weight excluding hydrogens is 628 g/mol. The van der Waals surface area contributed by atoms with Crippen LogP contribution in [0.1, 0.15) is 139 Å². The largest absolute Gasteiger partial charge is 0.432 e. The van der Waals surface area contributed by atoms with Crippen LogP contribution in [-0.2, 0) is 28.7 Å². The molecular formula is C37H60N4O8. The first-order chi connectivity index (χ1) is 22.7. The van der Waals surface area contributed by atoms with Crippen LogP contribution in [0.3, 0.4) is 0 Å². The van der Waals surface area contributed by atoms with Gasteiger partial charge < -0.3 is 19.1 Å². The summed E-state index contributed by atoms with van der Waals surface area (Å²) in [6, 6.07) is -0.272. The fraction of sp³-hybridized carbons (Fsp3) is 0.892. The van der Waals surface area contributed by atoms with Crippen molar-refractivity contribution in [1.29, 1.82) is 0 Å². The van der Waals surface area contributed by atoms with Crippen LogP contribution in [0, 0.1) is 11.8 Å². The molecule has 49 heavy (non-hydrogen) atoms. The summed E-state index contributed by atoms with van der Waals surface area (Å²) in [5.74, 6) is 0.675. The monoisotopic (exact) mass is 688 g/mol. The summed E-state index contributed by atoms with van der Waals surface area (Å²) in [6.07, 6.45) is 8.66. The lowest BCUT2D eigenvalue weighted by Crippen LogP contribution is -2.67. The van der Waals surface area contributed by atoms with Crippen molar-refractivity contribution in [2.24, 2.45) is 11.8 Å². The zero-order valence-corrected chi connectivity index (χ0v) is 31.6. The molecule has 2 spiro atoms. The van der Waals surface area contributed by atoms with E-state index in [0.29, 0.717) is 37.5 Å². The van der Waals surface area contributed by atoms with Gasteiger partial charge in [-0.3, -0.25) is 9.59 Å². The summed E-state index contributed by atoms with van der Waals surface area (Å²) in [5.41, 5.74) is -4.27. The predicted octanol–water partition coefficient (Wildman–Crippen LogP) is 6.36. The summed E-state index contributed by atoms with van der Waals surface area (Å²) in [7, 11) is 3.29. The lowest BCUT2D eigenvalue weighted by molar-refractivity contribution is -0.285. The van der Waals surface area contributed by atoms with E-state index in [1.54, 1.807) is 14.2 Å². The average Bonchev–Trinajstić information content (AvgIpc) is 3.33. The van der Waals surface area contributed by atoms with Gasteiger partial charge in [-0.1, -0.05) is 0 Å². The molecule has 0 aromatic heterocycles. The van der Waals surface area contributed by atoms with Crippen molar-refractivity contribution in [3.63, 3.8) is 0 Å². The Morgan fingerprint density at radius 3 is 1.08 bits per heavy atom. The van der Waals surface area contributed by atoms with Gasteiger partial charge in [0.1, 0.15) is 0 Å². The predicted molar refractivity (Wildman–Crippen MR) is 181 cm³/mol. The van der Waals surface area contributed by atoms with Crippen molar-refractivity contribution in [1.82, 2.24) is 19.9 Å². The lowest BCUT2D eigenvalue weighted by Gasteiger charge is -2.55. The van der Waals surface area contributed by atoms with Gasteiger partial charge in [0.25, 0.3) is 11.8 Å². The molecule has 0 N–H and O–H groups in total. The fourth-order valence-electron chi connectivity index (χ4n) is 11.8. The maximum Gasteiger partial charge on any atom is 0.417 e. The van der Waals surface area contributed by atoms with Crippen molar-refractivity contribution in [2.45, 2.75) is 184 Å². The van der Waals surface area contributed by atoms with E-state index in [0.717, 1.165) is 57.8 Å². The molecule has 12 nitrogen and oxygen atoms in total. The van der Waals surface area contributed by atoms with Gasteiger partial charge in [-0.05, 0) is 125 Å². The van der Waals surface area contributed by atoms with Crippen molar-refractivity contribution >= 4 is 24.0 Å². The summed E-state index contributed by atoms with van der Waals surface area (Å²) in [6.45, 7) is 16.2. The number of amides is 4. The molecule has 4 aliphatic heterocycles. The summed E-state index contributed by atoms with van der Waals surface area (Å²) < 4.78 is 12.0. The third-order valence-electron chi connectivity index (χ3n) is 12.6. The first kappa shape index (κ1) is 36.5. The van der Waals surface area contributed by atoms with Crippen LogP contribution in [-0.4, -0.2) is 104 Å². The minimum atomic E-state index is -1.16. The van der Waals surface area contributed by atoms with E-state index in [2.05, 4.69) is 0 Å². The molecule has 0 bridgehead atoms. The number of hydrogen-bond donors (Lipinski definition) is 0. The Bertz CT molecular complexity index is 1210. The first-order valence-corrected chi connectivity index (χ1v) is 18.5. The van der Waals surface area contributed by atoms with E-state index >= 15 is 0 Å². The highest BCUT2D eigenvalue weighted by atomic mass is 16.7. The van der Waals surface area contributed by atoms with Crippen LogP contribution in [0.5, 0.6) is 0 Å². The van der Waals surface area contributed by atoms with E-state index < -0.39 is 45.5 Å². The molecule has 6 fully saturated rings. The normalized spacial score (nSPS) is 35.2. The molecule has 0 radical (unpaired) electrons. The smallest absolute Gasteiger partial charge is 0.417 e. The molecule has 12 heteroatoms. The Morgan fingerprint density at radius 1 is 0.531 bits per heavy atom. The molecule has 0 aromatic carbocycles. The van der Waals surface area contributed by atoms with Gasteiger partial charge in [-0.25, -0.2) is 19.4 Å². The van der Waals surface area contributed by atoms with E-state index in [4.69, 9.17) is 19.1 Å². The van der Waals surface area contributed by atoms with Gasteiger partial charge in [0.15, 0.2) is 11.2 Å². The van der Waals surface area contributed by atoms with Gasteiger partial charge in [0, 0.05) is 59.9 Å². The molecule has 0 aromatic rings. The van der Waals surface area contributed by atoms with Gasteiger partial charge in [-0.2, -0.15) is 10.1 Å². The van der Waals surface area contributed by atoms with Crippen LogP contribution < -0.4 is 0 Å². The zero-order chi connectivity index (χ0) is 35.9. The second-order valence-electron chi connectivity index (χ2n) is 18.6. The van der Waals surface area contributed by atoms with Crippen LogP contribution in [0.2, 0.25) is 0 Å². The molecule has 6 aliphatic rings. The number of rotatable bonds is 6. The van der Waals surface area contributed by atoms with Crippen LogP contribution in [0.4, 0.5) is 9.59 Å². The standard InChI is InChI=1S/C37H60N4O8/c1-32(2)20-36(21-33(3,4)40(32)46-9)28(42)38(30(44)48-36)26-15-11-24(12-16-26)19-25-13-17-27(18-14-25)39-29(43)37(49-31(39)45)22-34(5,6)41(47-10)35(7,8)23-37/h24-27H,11-23H2,1-10H3. The maximum atomic E-state index is 14.0. The third kappa shape index (κ3) is 6.10. The number of ether oxygens (including phenoxy) is 2. The summed E-state index contributed by atoms with van der Waals surface area (Å²) >= 11 is 0. The van der Waals surface area contributed by atoms with Crippen molar-refractivity contribution in [3.05, 3.63) is 0 Å². The molecule has 0 atom stereocenters. The molecule has 2 aliphatic carbocycles. The second kappa shape index (κ2) is 12.2. The first-order valence-electron chi connectivity index (χ1n) is 18.5. The van der Waals surface area contributed by atoms with Gasteiger partial charge >= 0.3 is 12.2 Å². The molecule has 2 saturated carbocycles. The topological polar surface area (TPSA) is 118 Å². The van der Waals surface area contributed by atoms with Crippen LogP contribution in [0.25, 0.3) is 0 Å². The minimum absolute atomic E-state index is 0.136. The van der Waals surface area contributed by atoms with Crippen LogP contribution >= 0.6 is 0 Å². The van der Waals surface area contributed by atoms with Crippen molar-refractivity contribution in [3.8, 4) is 0 Å². The maximum absolute atomic E-state index is 14.0. The minimum Gasteiger partial charge on any atom is -0.432 e. The molecule has 0 unspecified atom stereocenters. The SMILES string of the molecule is CON1C(C)(C)CC2(CC1(C)C)OC(=O)N(C1CCC(CC3CCC(N4C(=O)OC5(CC(C)(C)N(OC)C(C)(C)C5)C4=O)CC3)CC1)C2=O. The van der Waals surface area contributed by atoms with Gasteiger partial charge in [-0.15, -0.1) is 0 Å². The second-order valence-corrected chi connectivity index (χ2v) is 18.6. The number of hydroxylamine groups is 4. The molecule has 4 heterocycles. The Hall–Kier alpha value is -2.28. The average molecular weight is 689 g/mol. The number of hydrogen-bond acceptors (Lipinski definition) is 10. The fourth-order valence-corrected chi connectivity index (χ4v) is 11.8. The van der Waals surface area contributed by atoms with Crippen molar-refractivity contribution in [2.75, 3.05) is 14.2 Å². The number of imide groups is 2. The summed E-state index contributed by atoms with van der Waals surface area (Å²) in [4.78, 5) is 68.8. The Kier molecular flexibility index (Phi) is 9.06. The van der Waals surface area contributed by atoms with Gasteiger partial charge in [0.05, 0.1) is 14.2 Å². The third-order valence-corrected chi connectivity index (χ3v) is 12.6. The van der Waals surface area contributed by atoms with Gasteiger partial charge in [0.2, 0.25) is 0 Å². The van der Waals surface area contributed by atoms with Crippen molar-refractivity contribution < 1.29 is 38.3 Å². The van der Waals surface area contributed by atoms with E-state index in [-0.39, 0.29) is 23.9 Å². The van der Waals surface area contributed by atoms with E-state index in [1.807, 2.05) is 65.5 Å². The number of nitrogens with zero attached hydrogens (tertiary/aromatic N) is 4. The molecule has 4 saturated heterocycles. The highest BCUT2D eigenvalue weighted by Crippen LogP contribution is 2.51. The van der Waals surface area contributed by atoms with Crippen LogP contribution in [0.15, 0.2) is 0 Å². The quantitative estimate of drug-likeness (QED) is 0.312. The highest BCUT2D eigenvalue weighted by Gasteiger charge is 2.66.